The number of carbonyl (C=O) groups excluding carboxylic acids is 3. The van der Waals surface area contributed by atoms with Crippen molar-refractivity contribution in [2.45, 2.75) is 361 Å². The number of esters is 3. The van der Waals surface area contributed by atoms with E-state index in [2.05, 4.69) is 57.2 Å². The number of hydrogen-bond donors (Lipinski definition) is 0. The fraction of sp³-hybridized carbons (Fsp3) is 0.866. The topological polar surface area (TPSA) is 78.9 Å². The van der Waals surface area contributed by atoms with Crippen LogP contribution in [0.3, 0.4) is 0 Å². The zero-order valence-corrected chi connectivity index (χ0v) is 49.2. The molecule has 0 fully saturated rings. The van der Waals surface area contributed by atoms with Crippen LogP contribution in [0.2, 0.25) is 0 Å². The van der Waals surface area contributed by atoms with E-state index in [1.165, 1.54) is 238 Å². The lowest BCUT2D eigenvalue weighted by Crippen LogP contribution is -2.30. The lowest BCUT2D eigenvalue weighted by Gasteiger charge is -2.18. The van der Waals surface area contributed by atoms with Crippen molar-refractivity contribution in [2.75, 3.05) is 13.2 Å². The SMILES string of the molecule is CCCC/C=C\C/C=C\CCCCCCCC(=O)OCC(COC(=O)CCCCCCCCCCCCCCC/C=C\CCCCCCCCCC)OC(=O)CCCCCCCCCCCCCCCCCC. The highest BCUT2D eigenvalue weighted by atomic mass is 16.6. The van der Waals surface area contributed by atoms with Crippen molar-refractivity contribution >= 4 is 17.9 Å². The van der Waals surface area contributed by atoms with Gasteiger partial charge in [0.25, 0.3) is 0 Å². The highest BCUT2D eigenvalue weighted by molar-refractivity contribution is 5.71. The fourth-order valence-electron chi connectivity index (χ4n) is 9.69. The Kier molecular flexibility index (Phi) is 60.2. The minimum atomic E-state index is -0.775. The lowest BCUT2D eigenvalue weighted by molar-refractivity contribution is -0.167. The maximum Gasteiger partial charge on any atom is 0.306 e. The predicted molar refractivity (Wildman–Crippen MR) is 316 cm³/mol. The van der Waals surface area contributed by atoms with Gasteiger partial charge in [-0.3, -0.25) is 14.4 Å². The minimum Gasteiger partial charge on any atom is -0.462 e. The molecule has 0 aromatic rings. The molecule has 0 saturated heterocycles. The molecule has 1 atom stereocenters. The van der Waals surface area contributed by atoms with Gasteiger partial charge < -0.3 is 14.2 Å². The van der Waals surface area contributed by atoms with Gasteiger partial charge in [-0.2, -0.15) is 0 Å². The van der Waals surface area contributed by atoms with Gasteiger partial charge in [-0.05, 0) is 70.6 Å². The van der Waals surface area contributed by atoms with Crippen LogP contribution in [0.25, 0.3) is 0 Å². The van der Waals surface area contributed by atoms with Gasteiger partial charge in [-0.15, -0.1) is 0 Å². The molecule has 73 heavy (non-hydrogen) atoms. The Morgan fingerprint density at radius 2 is 0.507 bits per heavy atom. The van der Waals surface area contributed by atoms with Crippen molar-refractivity contribution in [1.82, 2.24) is 0 Å². The summed E-state index contributed by atoms with van der Waals surface area (Å²) in [5, 5.41) is 0. The van der Waals surface area contributed by atoms with Gasteiger partial charge in [0.15, 0.2) is 6.10 Å². The monoisotopic (exact) mass is 1020 g/mol. The molecular formula is C67H124O6. The van der Waals surface area contributed by atoms with E-state index in [1.54, 1.807) is 0 Å². The number of hydrogen-bond acceptors (Lipinski definition) is 6. The number of unbranched alkanes of at least 4 members (excludes halogenated alkanes) is 43. The molecule has 0 amide bonds. The van der Waals surface area contributed by atoms with Crippen LogP contribution in [0.1, 0.15) is 355 Å². The molecule has 0 heterocycles. The molecule has 0 aliphatic carbocycles. The van der Waals surface area contributed by atoms with Gasteiger partial charge in [-0.1, -0.05) is 301 Å². The van der Waals surface area contributed by atoms with Crippen LogP contribution in [-0.2, 0) is 28.6 Å². The quantitative estimate of drug-likeness (QED) is 0.0261. The van der Waals surface area contributed by atoms with Crippen LogP contribution in [0.15, 0.2) is 36.5 Å². The molecule has 0 aromatic heterocycles. The summed E-state index contributed by atoms with van der Waals surface area (Å²) in [6, 6.07) is 0. The summed E-state index contributed by atoms with van der Waals surface area (Å²) in [5.74, 6) is -0.863. The summed E-state index contributed by atoms with van der Waals surface area (Å²) >= 11 is 0. The maximum atomic E-state index is 12.9. The van der Waals surface area contributed by atoms with Crippen LogP contribution in [0.5, 0.6) is 0 Å². The Hall–Kier alpha value is -2.37. The predicted octanol–water partition coefficient (Wildman–Crippen LogP) is 22.0. The summed E-state index contributed by atoms with van der Waals surface area (Å²) in [7, 11) is 0. The van der Waals surface area contributed by atoms with Crippen molar-refractivity contribution < 1.29 is 28.6 Å². The first-order valence-corrected chi connectivity index (χ1v) is 32.5. The minimum absolute atomic E-state index is 0.0722. The molecule has 0 N–H and O–H groups in total. The third kappa shape index (κ3) is 60.4. The molecule has 1 unspecified atom stereocenters. The van der Waals surface area contributed by atoms with Gasteiger partial charge in [0, 0.05) is 19.3 Å². The number of allylic oxidation sites excluding steroid dienone is 6. The Morgan fingerprint density at radius 1 is 0.274 bits per heavy atom. The van der Waals surface area contributed by atoms with Crippen LogP contribution >= 0.6 is 0 Å². The molecule has 6 nitrogen and oxygen atoms in total. The Morgan fingerprint density at radius 3 is 0.808 bits per heavy atom. The van der Waals surface area contributed by atoms with E-state index in [0.717, 1.165) is 77.0 Å². The van der Waals surface area contributed by atoms with Crippen LogP contribution in [0, 0.1) is 0 Å². The molecule has 6 heteroatoms. The summed E-state index contributed by atoms with van der Waals surface area (Å²) in [6.07, 6.45) is 75.8. The normalized spacial score (nSPS) is 12.2. The molecule has 0 saturated carbocycles. The van der Waals surface area contributed by atoms with Crippen LogP contribution in [0.4, 0.5) is 0 Å². The van der Waals surface area contributed by atoms with Crippen molar-refractivity contribution in [3.8, 4) is 0 Å². The largest absolute Gasteiger partial charge is 0.462 e. The summed E-state index contributed by atoms with van der Waals surface area (Å²) in [4.78, 5) is 38.3. The fourth-order valence-corrected chi connectivity index (χ4v) is 9.69. The van der Waals surface area contributed by atoms with E-state index in [9.17, 15) is 14.4 Å². The standard InChI is InChI=1S/C67H124O6/c1-4-7-10-13-16-19-22-25-28-30-31-32-33-34-35-36-37-38-40-42-45-48-51-54-57-60-66(69)72-63-64(62-71-65(68)59-56-53-50-47-44-41-27-24-21-18-15-12-9-6-3)73-67(70)61-58-55-52-49-46-43-39-29-26-23-20-17-14-11-8-5-2/h15,18,24,27,30-31,64H,4-14,16-17,19-23,25-26,28-29,32-63H2,1-3H3/b18-15-,27-24-,31-30-. The maximum absolute atomic E-state index is 12.9. The van der Waals surface area contributed by atoms with E-state index >= 15 is 0 Å². The van der Waals surface area contributed by atoms with Crippen LogP contribution in [-0.4, -0.2) is 37.2 Å². The molecule has 0 radical (unpaired) electrons. The summed E-state index contributed by atoms with van der Waals surface area (Å²) in [5.41, 5.74) is 0. The summed E-state index contributed by atoms with van der Waals surface area (Å²) in [6.45, 7) is 6.65. The van der Waals surface area contributed by atoms with Gasteiger partial charge in [0.2, 0.25) is 0 Å². The second kappa shape index (κ2) is 62.2. The van der Waals surface area contributed by atoms with E-state index in [-0.39, 0.29) is 31.1 Å². The second-order valence-corrected chi connectivity index (χ2v) is 22.0. The van der Waals surface area contributed by atoms with E-state index in [0.29, 0.717) is 19.3 Å². The van der Waals surface area contributed by atoms with Gasteiger partial charge in [-0.25, -0.2) is 0 Å². The number of carbonyl (C=O) groups is 3. The molecule has 0 bridgehead atoms. The highest BCUT2D eigenvalue weighted by Gasteiger charge is 2.19. The lowest BCUT2D eigenvalue weighted by atomic mass is 10.0. The Bertz CT molecular complexity index is 1220. The molecule has 0 rings (SSSR count). The summed E-state index contributed by atoms with van der Waals surface area (Å²) < 4.78 is 16.9. The third-order valence-corrected chi connectivity index (χ3v) is 14.6. The smallest absolute Gasteiger partial charge is 0.306 e. The average Bonchev–Trinajstić information content (AvgIpc) is 3.39. The van der Waals surface area contributed by atoms with Crippen LogP contribution < -0.4 is 0 Å². The van der Waals surface area contributed by atoms with Crippen molar-refractivity contribution in [1.29, 1.82) is 0 Å². The third-order valence-electron chi connectivity index (χ3n) is 14.6. The van der Waals surface area contributed by atoms with E-state index in [4.69, 9.17) is 14.2 Å². The molecule has 428 valence electrons. The molecular weight excluding hydrogens is 901 g/mol. The molecule has 0 aliphatic heterocycles. The highest BCUT2D eigenvalue weighted by Crippen LogP contribution is 2.18. The first-order valence-electron chi connectivity index (χ1n) is 32.5. The van der Waals surface area contributed by atoms with Crippen molar-refractivity contribution in [3.05, 3.63) is 36.5 Å². The first-order chi connectivity index (χ1) is 36.0. The zero-order valence-electron chi connectivity index (χ0n) is 49.2. The van der Waals surface area contributed by atoms with Gasteiger partial charge in [0.05, 0.1) is 0 Å². The van der Waals surface area contributed by atoms with E-state index < -0.39 is 6.10 Å². The number of ether oxygens (including phenoxy) is 3. The van der Waals surface area contributed by atoms with E-state index in [1.807, 2.05) is 0 Å². The second-order valence-electron chi connectivity index (χ2n) is 22.0. The number of rotatable bonds is 60. The van der Waals surface area contributed by atoms with Gasteiger partial charge in [0.1, 0.15) is 13.2 Å². The zero-order chi connectivity index (χ0) is 52.9. The average molecular weight is 1030 g/mol. The van der Waals surface area contributed by atoms with Crippen molar-refractivity contribution in [2.24, 2.45) is 0 Å². The molecule has 0 aliphatic rings. The molecule has 0 aromatic carbocycles. The first kappa shape index (κ1) is 70.6. The Labute approximate surface area is 455 Å². The Balaban J connectivity index is 4.25. The van der Waals surface area contributed by atoms with Crippen molar-refractivity contribution in [3.63, 3.8) is 0 Å². The van der Waals surface area contributed by atoms with Gasteiger partial charge >= 0.3 is 17.9 Å². The molecule has 0 spiro atoms.